The number of amides is 2. The number of benzene rings is 3. The number of hydrogen-bond acceptors (Lipinski definition) is 5. The van der Waals surface area contributed by atoms with Crippen LogP contribution in [0.2, 0.25) is 0 Å². The summed E-state index contributed by atoms with van der Waals surface area (Å²) in [5.74, 6) is -1.18. The van der Waals surface area contributed by atoms with Gasteiger partial charge in [-0.05, 0) is 43.7 Å². The summed E-state index contributed by atoms with van der Waals surface area (Å²) in [4.78, 5) is 25.1. The highest BCUT2D eigenvalue weighted by atomic mass is 19.1. The first-order chi connectivity index (χ1) is 16.4. The minimum absolute atomic E-state index is 0.0362. The van der Waals surface area contributed by atoms with E-state index in [0.717, 1.165) is 11.1 Å². The lowest BCUT2D eigenvalue weighted by Gasteiger charge is -2.08. The van der Waals surface area contributed by atoms with Crippen LogP contribution in [0.1, 0.15) is 39.0 Å². The number of carbonyl (C=O) groups excluding carboxylic acids is 2. The smallest absolute Gasteiger partial charge is 0.277 e. The topological polar surface area (TPSA) is 96.6 Å². The molecule has 8 heteroatoms. The third-order valence-corrected chi connectivity index (χ3v) is 5.14. The molecule has 3 aromatic carbocycles. The average Bonchev–Trinajstić information content (AvgIpc) is 3.25. The van der Waals surface area contributed by atoms with Crippen LogP contribution in [-0.2, 0) is 0 Å². The molecule has 0 bridgehead atoms. The normalized spacial score (nSPS) is 11.2. The largest absolute Gasteiger partial charge is 0.360 e. The van der Waals surface area contributed by atoms with Gasteiger partial charge in [-0.15, -0.1) is 0 Å². The van der Waals surface area contributed by atoms with Crippen molar-refractivity contribution in [3.8, 4) is 11.3 Å². The molecule has 0 radical (unpaired) electrons. The van der Waals surface area contributed by atoms with E-state index in [1.54, 1.807) is 44.2 Å². The number of aryl methyl sites for hydroxylation is 1. The number of halogens is 1. The molecule has 7 nitrogen and oxygen atoms in total. The predicted octanol–water partition coefficient (Wildman–Crippen LogP) is 5.20. The second kappa shape index (κ2) is 9.91. The van der Waals surface area contributed by atoms with Crippen molar-refractivity contribution < 1.29 is 18.5 Å². The molecule has 4 aromatic rings. The van der Waals surface area contributed by atoms with Crippen molar-refractivity contribution in [1.82, 2.24) is 10.6 Å². The SMILES string of the molecule is CC(=NNC(=O)c1c(-c2ccccc2)noc1C)c1ccc(NC(=O)c2ccccc2F)cc1. The van der Waals surface area contributed by atoms with E-state index in [9.17, 15) is 14.0 Å². The summed E-state index contributed by atoms with van der Waals surface area (Å²) in [7, 11) is 0. The maximum absolute atomic E-state index is 13.8. The van der Waals surface area contributed by atoms with Gasteiger partial charge in [0.15, 0.2) is 0 Å². The number of aromatic nitrogens is 1. The van der Waals surface area contributed by atoms with Crippen LogP contribution in [0, 0.1) is 12.7 Å². The lowest BCUT2D eigenvalue weighted by atomic mass is 10.1. The number of hydrogen-bond donors (Lipinski definition) is 2. The van der Waals surface area contributed by atoms with Crippen molar-refractivity contribution >= 4 is 23.2 Å². The predicted molar refractivity (Wildman–Crippen MR) is 127 cm³/mol. The summed E-state index contributed by atoms with van der Waals surface area (Å²) in [6.07, 6.45) is 0. The Labute approximate surface area is 195 Å². The van der Waals surface area contributed by atoms with E-state index in [0.29, 0.717) is 28.4 Å². The van der Waals surface area contributed by atoms with Gasteiger partial charge in [0.2, 0.25) is 0 Å². The van der Waals surface area contributed by atoms with Crippen LogP contribution in [0.5, 0.6) is 0 Å². The number of hydrazone groups is 1. The van der Waals surface area contributed by atoms with Crippen LogP contribution in [0.25, 0.3) is 11.3 Å². The van der Waals surface area contributed by atoms with Gasteiger partial charge in [0, 0.05) is 11.3 Å². The first-order valence-corrected chi connectivity index (χ1v) is 10.5. The standard InChI is InChI=1S/C26H21FN4O3/c1-16(18-12-14-20(15-13-18)28-25(32)21-10-6-7-11-22(21)27)29-30-26(33)23-17(2)34-31-24(23)19-8-4-3-5-9-19/h3-15H,1-2H3,(H,28,32)(H,30,33). The van der Waals surface area contributed by atoms with Gasteiger partial charge in [0.1, 0.15) is 22.8 Å². The van der Waals surface area contributed by atoms with E-state index in [4.69, 9.17) is 4.52 Å². The second-order valence-corrected chi connectivity index (χ2v) is 7.48. The van der Waals surface area contributed by atoms with Crippen molar-refractivity contribution in [2.75, 3.05) is 5.32 Å². The third kappa shape index (κ3) is 4.91. The Kier molecular flexibility index (Phi) is 6.59. The van der Waals surface area contributed by atoms with Crippen LogP contribution in [0.3, 0.4) is 0 Å². The highest BCUT2D eigenvalue weighted by Crippen LogP contribution is 2.25. The van der Waals surface area contributed by atoms with Crippen molar-refractivity contribution in [2.24, 2.45) is 5.10 Å². The van der Waals surface area contributed by atoms with Gasteiger partial charge in [-0.1, -0.05) is 59.8 Å². The zero-order valence-corrected chi connectivity index (χ0v) is 18.5. The van der Waals surface area contributed by atoms with Crippen LogP contribution in [-0.4, -0.2) is 22.7 Å². The van der Waals surface area contributed by atoms with Crippen LogP contribution >= 0.6 is 0 Å². The summed E-state index contributed by atoms with van der Waals surface area (Å²) < 4.78 is 19.0. The van der Waals surface area contributed by atoms with Crippen molar-refractivity contribution in [3.63, 3.8) is 0 Å². The highest BCUT2D eigenvalue weighted by molar-refractivity contribution is 6.05. The molecule has 0 spiro atoms. The van der Waals surface area contributed by atoms with E-state index < -0.39 is 17.6 Å². The first-order valence-electron chi connectivity index (χ1n) is 10.5. The fraction of sp³-hybridized carbons (Fsp3) is 0.0769. The van der Waals surface area contributed by atoms with Crippen molar-refractivity contribution in [3.05, 3.63) is 107 Å². The fourth-order valence-corrected chi connectivity index (χ4v) is 3.33. The van der Waals surface area contributed by atoms with E-state index in [1.807, 2.05) is 30.3 Å². The Morgan fingerprint density at radius 1 is 0.912 bits per heavy atom. The minimum atomic E-state index is -0.589. The highest BCUT2D eigenvalue weighted by Gasteiger charge is 2.21. The number of anilines is 1. The molecule has 1 heterocycles. The first kappa shape index (κ1) is 22.6. The van der Waals surface area contributed by atoms with Gasteiger partial charge in [0.25, 0.3) is 11.8 Å². The molecule has 2 N–H and O–H groups in total. The summed E-state index contributed by atoms with van der Waals surface area (Å²) in [5.41, 5.74) is 5.81. The molecule has 2 amide bonds. The zero-order chi connectivity index (χ0) is 24.1. The minimum Gasteiger partial charge on any atom is -0.360 e. The summed E-state index contributed by atoms with van der Waals surface area (Å²) in [6, 6.07) is 21.9. The maximum Gasteiger partial charge on any atom is 0.277 e. The molecule has 1 aromatic heterocycles. The van der Waals surface area contributed by atoms with Crippen molar-refractivity contribution in [2.45, 2.75) is 13.8 Å². The van der Waals surface area contributed by atoms with E-state index in [2.05, 4.69) is 21.0 Å². The quantitative estimate of drug-likeness (QED) is 0.308. The second-order valence-electron chi connectivity index (χ2n) is 7.48. The van der Waals surface area contributed by atoms with Gasteiger partial charge in [-0.2, -0.15) is 5.10 Å². The molecule has 0 saturated heterocycles. The Balaban J connectivity index is 1.44. The summed E-state index contributed by atoms with van der Waals surface area (Å²) in [5, 5.41) is 10.9. The Morgan fingerprint density at radius 2 is 1.59 bits per heavy atom. The molecule has 0 atom stereocenters. The molecular weight excluding hydrogens is 435 g/mol. The monoisotopic (exact) mass is 456 g/mol. The molecule has 4 rings (SSSR count). The van der Waals surface area contributed by atoms with Crippen LogP contribution in [0.4, 0.5) is 10.1 Å². The lowest BCUT2D eigenvalue weighted by Crippen LogP contribution is -2.20. The van der Waals surface area contributed by atoms with E-state index in [-0.39, 0.29) is 5.56 Å². The fourth-order valence-electron chi connectivity index (χ4n) is 3.33. The molecule has 0 aliphatic rings. The molecule has 0 saturated carbocycles. The Bertz CT molecular complexity index is 1360. The van der Waals surface area contributed by atoms with Crippen LogP contribution < -0.4 is 10.7 Å². The number of nitrogens with one attached hydrogen (secondary N) is 2. The summed E-state index contributed by atoms with van der Waals surface area (Å²) >= 11 is 0. The Morgan fingerprint density at radius 3 is 2.29 bits per heavy atom. The number of rotatable bonds is 6. The number of carbonyl (C=O) groups is 2. The van der Waals surface area contributed by atoms with Gasteiger partial charge in [-0.3, -0.25) is 9.59 Å². The van der Waals surface area contributed by atoms with Gasteiger partial charge < -0.3 is 9.84 Å². The van der Waals surface area contributed by atoms with Crippen LogP contribution in [0.15, 0.2) is 88.5 Å². The zero-order valence-electron chi connectivity index (χ0n) is 18.5. The van der Waals surface area contributed by atoms with Gasteiger partial charge >= 0.3 is 0 Å². The molecule has 34 heavy (non-hydrogen) atoms. The summed E-state index contributed by atoms with van der Waals surface area (Å²) in [6.45, 7) is 3.41. The average molecular weight is 456 g/mol. The molecule has 170 valence electrons. The molecule has 0 aliphatic carbocycles. The van der Waals surface area contributed by atoms with E-state index >= 15 is 0 Å². The third-order valence-electron chi connectivity index (χ3n) is 5.14. The molecular formula is C26H21FN4O3. The van der Waals surface area contributed by atoms with Crippen molar-refractivity contribution in [1.29, 1.82) is 0 Å². The molecule has 0 aliphatic heterocycles. The van der Waals surface area contributed by atoms with Gasteiger partial charge in [-0.25, -0.2) is 9.82 Å². The van der Waals surface area contributed by atoms with Gasteiger partial charge in [0.05, 0.1) is 11.3 Å². The van der Waals surface area contributed by atoms with E-state index in [1.165, 1.54) is 18.2 Å². The molecule has 0 fully saturated rings. The Hall–Kier alpha value is -4.59. The molecule has 0 unspecified atom stereocenters. The maximum atomic E-state index is 13.8. The lowest BCUT2D eigenvalue weighted by molar-refractivity contribution is 0.0953. The number of nitrogens with zero attached hydrogens (tertiary/aromatic N) is 2.